The molecule has 1 aromatic carbocycles. The van der Waals surface area contributed by atoms with Crippen LogP contribution < -0.4 is 15.4 Å². The summed E-state index contributed by atoms with van der Waals surface area (Å²) >= 11 is 0. The lowest BCUT2D eigenvalue weighted by atomic mass is 10.00. The third kappa shape index (κ3) is 2.25. The van der Waals surface area contributed by atoms with Gasteiger partial charge in [0, 0.05) is 42.8 Å². The van der Waals surface area contributed by atoms with Crippen molar-refractivity contribution in [2.24, 2.45) is 0 Å². The lowest BCUT2D eigenvalue weighted by molar-refractivity contribution is 0.0918. The Labute approximate surface area is 128 Å². The van der Waals surface area contributed by atoms with Crippen LogP contribution in [0.3, 0.4) is 0 Å². The van der Waals surface area contributed by atoms with Gasteiger partial charge >= 0.3 is 0 Å². The van der Waals surface area contributed by atoms with E-state index in [1.807, 2.05) is 24.3 Å². The van der Waals surface area contributed by atoms with Crippen LogP contribution in [0.5, 0.6) is 5.75 Å². The number of aromatic nitrogens is 2. The second kappa shape index (κ2) is 5.46. The first-order valence-electron chi connectivity index (χ1n) is 7.62. The molecule has 6 nitrogen and oxygen atoms in total. The highest BCUT2D eigenvalue weighted by Crippen LogP contribution is 2.31. The topological polar surface area (TPSA) is 79.0 Å². The fourth-order valence-electron chi connectivity index (χ4n) is 3.13. The average Bonchev–Trinajstić information content (AvgIpc) is 2.99. The number of nitrogens with one attached hydrogen (secondary N) is 3. The number of benzene rings is 1. The first-order valence-corrected chi connectivity index (χ1v) is 7.62. The van der Waals surface area contributed by atoms with Crippen LogP contribution in [-0.4, -0.2) is 29.3 Å². The van der Waals surface area contributed by atoms with Gasteiger partial charge < -0.3 is 15.4 Å². The molecule has 1 unspecified atom stereocenters. The smallest absolute Gasteiger partial charge is 0.272 e. The van der Waals surface area contributed by atoms with Gasteiger partial charge in [0.15, 0.2) is 5.69 Å². The highest BCUT2D eigenvalue weighted by atomic mass is 16.5. The maximum Gasteiger partial charge on any atom is 0.272 e. The number of amides is 1. The molecule has 0 radical (unpaired) electrons. The third-order valence-electron chi connectivity index (χ3n) is 4.29. The normalized spacial score (nSPS) is 19.7. The van der Waals surface area contributed by atoms with Crippen molar-refractivity contribution < 1.29 is 9.53 Å². The lowest BCUT2D eigenvalue weighted by Gasteiger charge is -2.26. The van der Waals surface area contributed by atoms with Gasteiger partial charge in [-0.2, -0.15) is 5.10 Å². The molecular weight excluding hydrogens is 280 g/mol. The number of hydrogen-bond acceptors (Lipinski definition) is 4. The van der Waals surface area contributed by atoms with Crippen LogP contribution in [0.15, 0.2) is 24.3 Å². The highest BCUT2D eigenvalue weighted by Gasteiger charge is 2.26. The van der Waals surface area contributed by atoms with E-state index in [0.29, 0.717) is 18.8 Å². The van der Waals surface area contributed by atoms with E-state index >= 15 is 0 Å². The van der Waals surface area contributed by atoms with Crippen LogP contribution >= 0.6 is 0 Å². The number of carbonyl (C=O) groups is 1. The van der Waals surface area contributed by atoms with Crippen molar-refractivity contribution in [3.05, 3.63) is 46.8 Å². The Bertz CT molecular complexity index is 710. The molecule has 0 saturated heterocycles. The molecule has 0 fully saturated rings. The predicted molar refractivity (Wildman–Crippen MR) is 80.8 cm³/mol. The minimum atomic E-state index is -0.122. The number of rotatable bonds is 2. The Morgan fingerprint density at radius 3 is 3.23 bits per heavy atom. The molecule has 3 heterocycles. The zero-order valence-electron chi connectivity index (χ0n) is 12.2. The summed E-state index contributed by atoms with van der Waals surface area (Å²) in [6.45, 7) is 2.23. The van der Waals surface area contributed by atoms with Gasteiger partial charge in [-0.3, -0.25) is 9.89 Å². The van der Waals surface area contributed by atoms with E-state index in [9.17, 15) is 4.79 Å². The Kier molecular flexibility index (Phi) is 3.31. The number of fused-ring (bicyclic) bond motifs is 2. The first kappa shape index (κ1) is 13.3. The summed E-state index contributed by atoms with van der Waals surface area (Å²) in [7, 11) is 0. The van der Waals surface area contributed by atoms with Crippen LogP contribution in [0.2, 0.25) is 0 Å². The summed E-state index contributed by atoms with van der Waals surface area (Å²) in [6.07, 6.45) is 1.66. The first-order chi connectivity index (χ1) is 10.8. The van der Waals surface area contributed by atoms with Gasteiger partial charge in [-0.1, -0.05) is 18.2 Å². The van der Waals surface area contributed by atoms with E-state index < -0.39 is 0 Å². The zero-order valence-corrected chi connectivity index (χ0v) is 12.2. The maximum absolute atomic E-state index is 12.6. The van der Waals surface area contributed by atoms with Crippen LogP contribution in [0.25, 0.3) is 0 Å². The summed E-state index contributed by atoms with van der Waals surface area (Å²) in [6, 6.07) is 7.82. The largest absolute Gasteiger partial charge is 0.493 e. The van der Waals surface area contributed by atoms with Crippen LogP contribution in [0.1, 0.15) is 39.8 Å². The third-order valence-corrected chi connectivity index (χ3v) is 4.29. The molecule has 6 heteroatoms. The van der Waals surface area contributed by atoms with Crippen molar-refractivity contribution in [2.45, 2.75) is 25.4 Å². The monoisotopic (exact) mass is 298 g/mol. The van der Waals surface area contributed by atoms with Gasteiger partial charge in [-0.05, 0) is 6.07 Å². The van der Waals surface area contributed by atoms with E-state index in [4.69, 9.17) is 4.74 Å². The summed E-state index contributed by atoms with van der Waals surface area (Å²) in [5.41, 5.74) is 3.59. The van der Waals surface area contributed by atoms with Crippen LogP contribution in [0, 0.1) is 0 Å². The SMILES string of the molecule is O=C(NC1CCOc2ccccc21)c1n[nH]c2c1CNCC2. The van der Waals surface area contributed by atoms with Crippen LogP contribution in [0.4, 0.5) is 0 Å². The summed E-state index contributed by atoms with van der Waals surface area (Å²) in [5, 5.41) is 13.6. The molecule has 4 rings (SSSR count). The minimum Gasteiger partial charge on any atom is -0.493 e. The standard InChI is InChI=1S/C16H18N4O2/c21-16(15-11-9-17-7-5-13(11)19-20-15)18-12-6-8-22-14-4-2-1-3-10(12)14/h1-4,12,17H,5-9H2,(H,18,21)(H,19,20). The fourth-order valence-corrected chi connectivity index (χ4v) is 3.13. The van der Waals surface area contributed by atoms with E-state index in [1.54, 1.807) is 0 Å². The minimum absolute atomic E-state index is 0.0265. The molecule has 1 amide bonds. The maximum atomic E-state index is 12.6. The van der Waals surface area contributed by atoms with Gasteiger partial charge in [-0.25, -0.2) is 0 Å². The molecule has 0 aliphatic carbocycles. The number of nitrogens with zero attached hydrogens (tertiary/aromatic N) is 1. The highest BCUT2D eigenvalue weighted by molar-refractivity contribution is 5.94. The molecule has 0 bridgehead atoms. The molecule has 114 valence electrons. The van der Waals surface area contributed by atoms with E-state index in [1.165, 1.54) is 0 Å². The number of H-pyrrole nitrogens is 1. The molecule has 1 atom stereocenters. The van der Waals surface area contributed by atoms with Gasteiger partial charge in [0.1, 0.15) is 5.75 Å². The number of carbonyl (C=O) groups excluding carboxylic acids is 1. The van der Waals surface area contributed by atoms with E-state index in [0.717, 1.165) is 42.0 Å². The van der Waals surface area contributed by atoms with E-state index in [-0.39, 0.29) is 11.9 Å². The second-order valence-corrected chi connectivity index (χ2v) is 5.66. The molecule has 3 N–H and O–H groups in total. The summed E-state index contributed by atoms with van der Waals surface area (Å²) in [4.78, 5) is 12.6. The van der Waals surface area contributed by atoms with Crippen LogP contribution in [-0.2, 0) is 13.0 Å². The Hall–Kier alpha value is -2.34. The molecule has 1 aromatic heterocycles. The Morgan fingerprint density at radius 2 is 2.27 bits per heavy atom. The summed E-state index contributed by atoms with van der Waals surface area (Å²) in [5.74, 6) is 0.729. The quantitative estimate of drug-likeness (QED) is 0.781. The molecule has 2 aliphatic heterocycles. The molecule has 2 aromatic rings. The van der Waals surface area contributed by atoms with Crippen molar-refractivity contribution in [2.75, 3.05) is 13.2 Å². The predicted octanol–water partition coefficient (Wildman–Crippen LogP) is 1.31. The molecule has 0 spiro atoms. The van der Waals surface area contributed by atoms with Crippen molar-refractivity contribution >= 4 is 5.91 Å². The van der Waals surface area contributed by atoms with Crippen molar-refractivity contribution in [1.82, 2.24) is 20.8 Å². The number of para-hydroxylation sites is 1. The molecule has 0 saturated carbocycles. The molecule has 22 heavy (non-hydrogen) atoms. The van der Waals surface area contributed by atoms with Gasteiger partial charge in [0.05, 0.1) is 12.6 Å². The average molecular weight is 298 g/mol. The van der Waals surface area contributed by atoms with Gasteiger partial charge in [0.2, 0.25) is 0 Å². The van der Waals surface area contributed by atoms with Crippen molar-refractivity contribution in [3.8, 4) is 5.75 Å². The molecular formula is C16H18N4O2. The Balaban J connectivity index is 1.57. The number of ether oxygens (including phenoxy) is 1. The van der Waals surface area contributed by atoms with Gasteiger partial charge in [-0.15, -0.1) is 0 Å². The number of hydrogen-bond donors (Lipinski definition) is 3. The van der Waals surface area contributed by atoms with E-state index in [2.05, 4.69) is 20.8 Å². The van der Waals surface area contributed by atoms with Crippen molar-refractivity contribution in [3.63, 3.8) is 0 Å². The zero-order chi connectivity index (χ0) is 14.9. The molecule has 2 aliphatic rings. The second-order valence-electron chi connectivity index (χ2n) is 5.66. The van der Waals surface area contributed by atoms with Crippen molar-refractivity contribution in [1.29, 1.82) is 0 Å². The lowest BCUT2D eigenvalue weighted by Crippen LogP contribution is -2.33. The summed E-state index contributed by atoms with van der Waals surface area (Å²) < 4.78 is 5.63. The Morgan fingerprint density at radius 1 is 1.36 bits per heavy atom. The fraction of sp³-hybridized carbons (Fsp3) is 0.375. The number of aromatic amines is 1. The van der Waals surface area contributed by atoms with Gasteiger partial charge in [0.25, 0.3) is 5.91 Å².